The third-order valence-corrected chi connectivity index (χ3v) is 1.44. The molecule has 2 N–H and O–H groups in total. The van der Waals surface area contributed by atoms with E-state index in [2.05, 4.69) is 14.7 Å². The van der Waals surface area contributed by atoms with Crippen LogP contribution in [0.5, 0.6) is 0 Å². The van der Waals surface area contributed by atoms with Crippen LogP contribution in [-0.2, 0) is 0 Å². The summed E-state index contributed by atoms with van der Waals surface area (Å²) < 4.78 is 9.55. The van der Waals surface area contributed by atoms with Crippen LogP contribution in [0.15, 0.2) is 21.1 Å². The van der Waals surface area contributed by atoms with Gasteiger partial charge in [-0.05, 0) is 23.7 Å². The number of halogens is 1. The van der Waals surface area contributed by atoms with Crippen LogP contribution in [0.2, 0.25) is 5.22 Å². The maximum atomic E-state index is 5.53. The summed E-state index contributed by atoms with van der Waals surface area (Å²) in [6.45, 7) is 0. The van der Waals surface area contributed by atoms with E-state index < -0.39 is 0 Å². The molecule has 0 aliphatic carbocycles. The molecule has 6 heteroatoms. The van der Waals surface area contributed by atoms with Gasteiger partial charge in [0.25, 0.3) is 0 Å². The molecular weight excluding hydrogens is 182 g/mol. The van der Waals surface area contributed by atoms with Gasteiger partial charge in [-0.15, -0.1) is 0 Å². The second kappa shape index (κ2) is 2.53. The number of hydrogen-bond acceptors (Lipinski definition) is 5. The lowest BCUT2D eigenvalue weighted by Gasteiger charge is -1.82. The summed E-state index contributed by atoms with van der Waals surface area (Å²) in [5.74, 6) is 0.722. The predicted octanol–water partition coefficient (Wildman–Crippen LogP) is 1.57. The van der Waals surface area contributed by atoms with Crippen molar-refractivity contribution in [2.75, 3.05) is 5.73 Å². The highest BCUT2D eigenvalue weighted by Gasteiger charge is 2.09. The van der Waals surface area contributed by atoms with Gasteiger partial charge in [0.2, 0.25) is 5.82 Å². The molecule has 12 heavy (non-hydrogen) atoms. The molecule has 5 nitrogen and oxygen atoms in total. The lowest BCUT2D eigenvalue weighted by molar-refractivity contribution is 0.434. The SMILES string of the molecule is Nc1nc(-c2ccc(Cl)o2)no1. The van der Waals surface area contributed by atoms with Crippen molar-refractivity contribution >= 4 is 17.6 Å². The molecule has 0 aromatic carbocycles. The van der Waals surface area contributed by atoms with E-state index in [1.54, 1.807) is 12.1 Å². The van der Waals surface area contributed by atoms with Crippen LogP contribution in [0.25, 0.3) is 11.6 Å². The highest BCUT2D eigenvalue weighted by molar-refractivity contribution is 6.28. The Morgan fingerprint density at radius 1 is 1.42 bits per heavy atom. The van der Waals surface area contributed by atoms with Crippen molar-refractivity contribution in [2.24, 2.45) is 0 Å². The smallest absolute Gasteiger partial charge is 0.319 e. The van der Waals surface area contributed by atoms with Crippen LogP contribution >= 0.6 is 11.6 Å². The Hall–Kier alpha value is -1.49. The number of aromatic nitrogens is 2. The molecule has 0 aliphatic heterocycles. The quantitative estimate of drug-likeness (QED) is 0.730. The fourth-order valence-corrected chi connectivity index (χ4v) is 0.916. The second-order valence-electron chi connectivity index (χ2n) is 2.06. The minimum Gasteiger partial charge on any atom is -0.441 e. The Bertz CT molecular complexity index is 357. The minimum absolute atomic E-state index is 0.00229. The molecule has 0 radical (unpaired) electrons. The van der Waals surface area contributed by atoms with Gasteiger partial charge >= 0.3 is 6.01 Å². The zero-order valence-electron chi connectivity index (χ0n) is 5.82. The van der Waals surface area contributed by atoms with Crippen molar-refractivity contribution in [1.29, 1.82) is 0 Å². The van der Waals surface area contributed by atoms with Crippen LogP contribution in [0.3, 0.4) is 0 Å². The van der Waals surface area contributed by atoms with Crippen LogP contribution in [0.4, 0.5) is 6.01 Å². The maximum Gasteiger partial charge on any atom is 0.319 e. The van der Waals surface area contributed by atoms with E-state index >= 15 is 0 Å². The molecular formula is C6H4ClN3O2. The van der Waals surface area contributed by atoms with E-state index in [1.807, 2.05) is 0 Å². The number of nitrogen functional groups attached to an aromatic ring is 1. The minimum atomic E-state index is -0.00229. The molecule has 0 aliphatic rings. The molecule has 2 aromatic rings. The van der Waals surface area contributed by atoms with E-state index in [-0.39, 0.29) is 11.2 Å². The lowest BCUT2D eigenvalue weighted by Crippen LogP contribution is -1.82. The molecule has 0 unspecified atom stereocenters. The fourth-order valence-electron chi connectivity index (χ4n) is 0.770. The molecule has 0 atom stereocenters. The van der Waals surface area contributed by atoms with E-state index in [1.165, 1.54) is 0 Å². The topological polar surface area (TPSA) is 78.1 Å². The fraction of sp³-hybridized carbons (Fsp3) is 0. The van der Waals surface area contributed by atoms with Crippen LogP contribution in [-0.4, -0.2) is 10.1 Å². The predicted molar refractivity (Wildman–Crippen MR) is 41.4 cm³/mol. The van der Waals surface area contributed by atoms with Gasteiger partial charge in [0.15, 0.2) is 11.0 Å². The molecule has 2 aromatic heterocycles. The van der Waals surface area contributed by atoms with Crippen molar-refractivity contribution in [3.05, 3.63) is 17.4 Å². The number of anilines is 1. The Kier molecular flexibility index (Phi) is 1.51. The standard InChI is InChI=1S/C6H4ClN3O2/c7-4-2-1-3(11-4)5-9-6(8)12-10-5/h1-2H,(H2,8,9,10). The summed E-state index contributed by atoms with van der Waals surface area (Å²) >= 11 is 5.53. The third-order valence-electron chi connectivity index (χ3n) is 1.24. The van der Waals surface area contributed by atoms with Crippen molar-refractivity contribution < 1.29 is 8.94 Å². The average molecular weight is 186 g/mol. The first-order valence-corrected chi connectivity index (χ1v) is 3.48. The first-order valence-electron chi connectivity index (χ1n) is 3.10. The van der Waals surface area contributed by atoms with E-state index in [0.29, 0.717) is 11.6 Å². The number of hydrogen-bond donors (Lipinski definition) is 1. The molecule has 2 heterocycles. The highest BCUT2D eigenvalue weighted by atomic mass is 35.5. The van der Waals surface area contributed by atoms with Gasteiger partial charge in [-0.1, -0.05) is 5.16 Å². The summed E-state index contributed by atoms with van der Waals surface area (Å²) in [5, 5.41) is 3.81. The summed E-state index contributed by atoms with van der Waals surface area (Å²) in [4.78, 5) is 3.74. The van der Waals surface area contributed by atoms with Gasteiger partial charge in [0.05, 0.1) is 0 Å². The average Bonchev–Trinajstić information content (AvgIpc) is 2.58. The number of nitrogens with zero attached hydrogens (tertiary/aromatic N) is 2. The first kappa shape index (κ1) is 7.17. The number of nitrogens with two attached hydrogens (primary N) is 1. The summed E-state index contributed by atoms with van der Waals surface area (Å²) in [6, 6.07) is 3.22. The highest BCUT2D eigenvalue weighted by Crippen LogP contribution is 2.22. The van der Waals surface area contributed by atoms with Crippen LogP contribution < -0.4 is 5.73 Å². The van der Waals surface area contributed by atoms with Gasteiger partial charge in [-0.2, -0.15) is 4.98 Å². The van der Waals surface area contributed by atoms with Gasteiger partial charge in [-0.3, -0.25) is 0 Å². The van der Waals surface area contributed by atoms with Crippen LogP contribution in [0, 0.1) is 0 Å². The second-order valence-corrected chi connectivity index (χ2v) is 2.43. The Labute approximate surface area is 72.1 Å². The molecule has 0 amide bonds. The van der Waals surface area contributed by atoms with Gasteiger partial charge < -0.3 is 14.7 Å². The van der Waals surface area contributed by atoms with Gasteiger partial charge in [0.1, 0.15) is 0 Å². The summed E-state index contributed by atoms with van der Waals surface area (Å²) in [7, 11) is 0. The number of rotatable bonds is 1. The van der Waals surface area contributed by atoms with Crippen LogP contribution in [0.1, 0.15) is 0 Å². The Morgan fingerprint density at radius 2 is 2.25 bits per heavy atom. The van der Waals surface area contributed by atoms with Crippen molar-refractivity contribution in [1.82, 2.24) is 10.1 Å². The Balaban J connectivity index is 2.43. The zero-order valence-corrected chi connectivity index (χ0v) is 6.58. The lowest BCUT2D eigenvalue weighted by atomic mass is 10.4. The molecule has 62 valence electrons. The van der Waals surface area contributed by atoms with E-state index in [4.69, 9.17) is 21.8 Å². The molecule has 0 spiro atoms. The summed E-state index contributed by atoms with van der Waals surface area (Å²) in [6.07, 6.45) is 0. The van der Waals surface area contributed by atoms with Crippen molar-refractivity contribution in [3.63, 3.8) is 0 Å². The Morgan fingerprint density at radius 3 is 2.75 bits per heavy atom. The van der Waals surface area contributed by atoms with E-state index in [0.717, 1.165) is 0 Å². The van der Waals surface area contributed by atoms with Gasteiger partial charge in [-0.25, -0.2) is 0 Å². The normalized spacial score (nSPS) is 10.4. The van der Waals surface area contributed by atoms with E-state index in [9.17, 15) is 0 Å². The monoisotopic (exact) mass is 185 g/mol. The largest absolute Gasteiger partial charge is 0.441 e. The molecule has 2 rings (SSSR count). The van der Waals surface area contributed by atoms with Gasteiger partial charge in [0, 0.05) is 0 Å². The maximum absolute atomic E-state index is 5.53. The summed E-state index contributed by atoms with van der Waals surface area (Å²) in [5.41, 5.74) is 5.21. The molecule has 0 saturated heterocycles. The molecule has 0 saturated carbocycles. The van der Waals surface area contributed by atoms with Crippen molar-refractivity contribution in [3.8, 4) is 11.6 Å². The van der Waals surface area contributed by atoms with Crippen molar-refractivity contribution in [2.45, 2.75) is 0 Å². The number of furan rings is 1. The molecule has 0 bridgehead atoms. The third kappa shape index (κ3) is 1.14. The zero-order chi connectivity index (χ0) is 8.55. The molecule has 0 fully saturated rings. The first-order chi connectivity index (χ1) is 5.75.